The number of rotatable bonds is 8. The van der Waals surface area contributed by atoms with Crippen LogP contribution in [0.2, 0.25) is 0 Å². The average molecular weight is 341 g/mol. The van der Waals surface area contributed by atoms with Gasteiger partial charge < -0.3 is 15.5 Å². The molecule has 0 fully saturated rings. The third-order valence-electron chi connectivity index (χ3n) is 3.24. The highest BCUT2D eigenvalue weighted by atomic mass is 19.1. The summed E-state index contributed by atoms with van der Waals surface area (Å²) in [4.78, 5) is 36.7. The van der Waals surface area contributed by atoms with Crippen LogP contribution in [-0.4, -0.2) is 48.8 Å². The Morgan fingerprint density at radius 2 is 1.83 bits per heavy atom. The topological polar surface area (TPSA) is 78.5 Å². The van der Waals surface area contributed by atoms with E-state index in [9.17, 15) is 23.2 Å². The summed E-state index contributed by atoms with van der Waals surface area (Å²) >= 11 is 0. The largest absolute Gasteiger partial charge is 0.355 e. The van der Waals surface area contributed by atoms with Crippen LogP contribution in [0.15, 0.2) is 18.2 Å². The highest BCUT2D eigenvalue weighted by molar-refractivity contribution is 5.94. The second-order valence-electron chi connectivity index (χ2n) is 4.99. The number of amides is 3. The Balaban J connectivity index is 2.48. The molecule has 0 aromatic heterocycles. The number of carbonyl (C=O) groups excluding carboxylic acids is 3. The molecule has 0 saturated carbocycles. The molecule has 3 amide bonds. The zero-order chi connectivity index (χ0) is 18.1. The molecule has 1 rings (SSSR count). The van der Waals surface area contributed by atoms with Gasteiger partial charge in [-0.05, 0) is 26.0 Å². The second kappa shape index (κ2) is 9.59. The molecule has 0 heterocycles. The van der Waals surface area contributed by atoms with E-state index in [0.29, 0.717) is 19.2 Å². The van der Waals surface area contributed by atoms with E-state index >= 15 is 0 Å². The van der Waals surface area contributed by atoms with Crippen molar-refractivity contribution in [3.63, 3.8) is 0 Å². The van der Waals surface area contributed by atoms with Crippen molar-refractivity contribution in [2.75, 3.05) is 26.2 Å². The van der Waals surface area contributed by atoms with Gasteiger partial charge in [-0.2, -0.15) is 0 Å². The SMILES string of the molecule is CCNC(=O)CN(CC)C(=O)CCNC(=O)c1ccc(F)cc1F. The molecule has 6 nitrogen and oxygen atoms in total. The molecule has 0 unspecified atom stereocenters. The van der Waals surface area contributed by atoms with Gasteiger partial charge in [-0.15, -0.1) is 0 Å². The lowest BCUT2D eigenvalue weighted by atomic mass is 10.2. The molecule has 1 aromatic carbocycles. The monoisotopic (exact) mass is 341 g/mol. The van der Waals surface area contributed by atoms with Gasteiger partial charge in [0.15, 0.2) is 0 Å². The predicted molar refractivity (Wildman–Crippen MR) is 84.2 cm³/mol. The molecular weight excluding hydrogens is 320 g/mol. The van der Waals surface area contributed by atoms with Crippen LogP contribution >= 0.6 is 0 Å². The highest BCUT2D eigenvalue weighted by Crippen LogP contribution is 2.09. The van der Waals surface area contributed by atoms with E-state index in [-0.39, 0.29) is 36.9 Å². The van der Waals surface area contributed by atoms with Crippen molar-refractivity contribution in [2.45, 2.75) is 20.3 Å². The zero-order valence-corrected chi connectivity index (χ0v) is 13.7. The van der Waals surface area contributed by atoms with Gasteiger partial charge in [-0.1, -0.05) is 0 Å². The minimum absolute atomic E-state index is 0.0135. The lowest BCUT2D eigenvalue weighted by molar-refractivity contribution is -0.135. The van der Waals surface area contributed by atoms with Gasteiger partial charge in [0.05, 0.1) is 12.1 Å². The molecule has 1 aromatic rings. The van der Waals surface area contributed by atoms with Crippen molar-refractivity contribution >= 4 is 17.7 Å². The first-order chi connectivity index (χ1) is 11.4. The molecule has 0 spiro atoms. The summed E-state index contributed by atoms with van der Waals surface area (Å²) in [5.74, 6) is -3.03. The van der Waals surface area contributed by atoms with Crippen LogP contribution < -0.4 is 10.6 Å². The van der Waals surface area contributed by atoms with Crippen molar-refractivity contribution in [3.8, 4) is 0 Å². The maximum Gasteiger partial charge on any atom is 0.254 e. The Labute approximate surface area is 139 Å². The fourth-order valence-corrected chi connectivity index (χ4v) is 2.01. The fourth-order valence-electron chi connectivity index (χ4n) is 2.01. The number of nitrogens with zero attached hydrogens (tertiary/aromatic N) is 1. The smallest absolute Gasteiger partial charge is 0.254 e. The van der Waals surface area contributed by atoms with Crippen LogP contribution in [0.5, 0.6) is 0 Å². The Hall–Kier alpha value is -2.51. The van der Waals surface area contributed by atoms with Crippen molar-refractivity contribution in [3.05, 3.63) is 35.4 Å². The van der Waals surface area contributed by atoms with E-state index in [1.165, 1.54) is 4.90 Å². The van der Waals surface area contributed by atoms with Crippen molar-refractivity contribution in [1.29, 1.82) is 0 Å². The van der Waals surface area contributed by atoms with E-state index < -0.39 is 17.5 Å². The van der Waals surface area contributed by atoms with Crippen molar-refractivity contribution < 1.29 is 23.2 Å². The van der Waals surface area contributed by atoms with Gasteiger partial charge in [-0.25, -0.2) is 8.78 Å². The third kappa shape index (κ3) is 5.94. The maximum absolute atomic E-state index is 13.5. The lowest BCUT2D eigenvalue weighted by Crippen LogP contribution is -2.41. The number of benzene rings is 1. The van der Waals surface area contributed by atoms with Crippen LogP contribution in [0.4, 0.5) is 8.78 Å². The minimum Gasteiger partial charge on any atom is -0.355 e. The van der Waals surface area contributed by atoms with Crippen LogP contribution in [0.25, 0.3) is 0 Å². The van der Waals surface area contributed by atoms with Gasteiger partial charge in [0.2, 0.25) is 11.8 Å². The molecule has 8 heteroatoms. The Kier molecular flexibility index (Phi) is 7.81. The summed E-state index contributed by atoms with van der Waals surface area (Å²) in [6, 6.07) is 2.63. The summed E-state index contributed by atoms with van der Waals surface area (Å²) in [5, 5.41) is 5.00. The van der Waals surface area contributed by atoms with E-state index in [1.54, 1.807) is 13.8 Å². The standard InChI is InChI=1S/C16H21F2N3O3/c1-3-19-14(22)10-21(4-2)15(23)7-8-20-16(24)12-6-5-11(17)9-13(12)18/h5-6,9H,3-4,7-8,10H2,1-2H3,(H,19,22)(H,20,24). The summed E-state index contributed by atoms with van der Waals surface area (Å²) in [6.07, 6.45) is -0.0260. The van der Waals surface area contributed by atoms with Gasteiger partial charge in [0.25, 0.3) is 5.91 Å². The molecule has 0 bridgehead atoms. The summed E-state index contributed by atoms with van der Waals surface area (Å²) in [6.45, 7) is 4.29. The number of likely N-dealkylation sites (N-methyl/N-ethyl adjacent to an activating group) is 2. The average Bonchev–Trinajstić information content (AvgIpc) is 2.52. The predicted octanol–water partition coefficient (Wildman–Crippen LogP) is 1.07. The van der Waals surface area contributed by atoms with Crippen LogP contribution in [0, 0.1) is 11.6 Å². The van der Waals surface area contributed by atoms with Gasteiger partial charge >= 0.3 is 0 Å². The zero-order valence-electron chi connectivity index (χ0n) is 13.7. The molecular formula is C16H21F2N3O3. The highest BCUT2D eigenvalue weighted by Gasteiger charge is 2.16. The summed E-state index contributed by atoms with van der Waals surface area (Å²) in [5.41, 5.74) is -0.293. The van der Waals surface area contributed by atoms with E-state index in [4.69, 9.17) is 0 Å². The maximum atomic E-state index is 13.5. The summed E-state index contributed by atoms with van der Waals surface area (Å²) < 4.78 is 26.3. The van der Waals surface area contributed by atoms with Crippen molar-refractivity contribution in [1.82, 2.24) is 15.5 Å². The third-order valence-corrected chi connectivity index (χ3v) is 3.24. The number of halogens is 2. The van der Waals surface area contributed by atoms with Gasteiger partial charge in [0.1, 0.15) is 11.6 Å². The Morgan fingerprint density at radius 1 is 1.12 bits per heavy atom. The van der Waals surface area contributed by atoms with Crippen molar-refractivity contribution in [2.24, 2.45) is 0 Å². The van der Waals surface area contributed by atoms with Gasteiger partial charge in [0, 0.05) is 32.1 Å². The number of hydrogen-bond donors (Lipinski definition) is 2. The van der Waals surface area contributed by atoms with Crippen LogP contribution in [-0.2, 0) is 9.59 Å². The van der Waals surface area contributed by atoms with Crippen LogP contribution in [0.3, 0.4) is 0 Å². The van der Waals surface area contributed by atoms with E-state index in [0.717, 1.165) is 12.1 Å². The molecule has 2 N–H and O–H groups in total. The number of hydrogen-bond acceptors (Lipinski definition) is 3. The van der Waals surface area contributed by atoms with Gasteiger partial charge in [-0.3, -0.25) is 14.4 Å². The van der Waals surface area contributed by atoms with E-state index in [2.05, 4.69) is 10.6 Å². The fraction of sp³-hybridized carbons (Fsp3) is 0.438. The Morgan fingerprint density at radius 3 is 2.42 bits per heavy atom. The molecule has 0 radical (unpaired) electrons. The lowest BCUT2D eigenvalue weighted by Gasteiger charge is -2.20. The molecule has 132 valence electrons. The summed E-state index contributed by atoms with van der Waals surface area (Å²) in [7, 11) is 0. The Bertz CT molecular complexity index is 608. The normalized spacial score (nSPS) is 10.2. The minimum atomic E-state index is -0.967. The quantitative estimate of drug-likeness (QED) is 0.742. The molecule has 0 atom stereocenters. The molecule has 0 aliphatic carbocycles. The number of carbonyl (C=O) groups is 3. The van der Waals surface area contributed by atoms with E-state index in [1.807, 2.05) is 0 Å². The first kappa shape index (κ1) is 19.5. The second-order valence-corrected chi connectivity index (χ2v) is 4.99. The molecule has 0 aliphatic heterocycles. The first-order valence-electron chi connectivity index (χ1n) is 7.66. The van der Waals surface area contributed by atoms with Crippen LogP contribution in [0.1, 0.15) is 30.6 Å². The molecule has 0 saturated heterocycles. The molecule has 0 aliphatic rings. The molecule has 24 heavy (non-hydrogen) atoms. The first-order valence-corrected chi connectivity index (χ1v) is 7.66. The number of nitrogens with one attached hydrogen (secondary N) is 2.